The van der Waals surface area contributed by atoms with Crippen molar-refractivity contribution in [2.45, 2.75) is 38.3 Å². The third-order valence-electron chi connectivity index (χ3n) is 3.62. The Morgan fingerprint density at radius 3 is 2.65 bits per heavy atom. The minimum Gasteiger partial charge on any atom is -0.317 e. The van der Waals surface area contributed by atoms with Crippen LogP contribution in [0.25, 0.3) is 0 Å². The Hall–Kier alpha value is 0.1000. The maximum atomic E-state index is 3.59. The standard InChI is InChI=1S/C13H21BrN2S/c1-15-11-4-2-10(3-5-11)8-16-9-12-6-7-13(14)17-12/h6-7,10-11,15-16H,2-5,8-9H2,1H3. The largest absolute Gasteiger partial charge is 0.317 e. The van der Waals surface area contributed by atoms with Crippen LogP contribution in [0.5, 0.6) is 0 Å². The summed E-state index contributed by atoms with van der Waals surface area (Å²) < 4.78 is 1.23. The molecule has 2 nitrogen and oxygen atoms in total. The molecule has 0 aromatic carbocycles. The summed E-state index contributed by atoms with van der Waals surface area (Å²) in [6.07, 6.45) is 5.42. The van der Waals surface area contributed by atoms with Crippen LogP contribution in [0.3, 0.4) is 0 Å². The second-order valence-corrected chi connectivity index (χ2v) is 7.39. The molecule has 0 radical (unpaired) electrons. The summed E-state index contributed by atoms with van der Waals surface area (Å²) in [6, 6.07) is 5.08. The van der Waals surface area contributed by atoms with Crippen molar-refractivity contribution >= 4 is 27.3 Å². The normalized spacial score (nSPS) is 25.1. The molecule has 0 bridgehead atoms. The molecule has 0 aliphatic heterocycles. The molecule has 96 valence electrons. The van der Waals surface area contributed by atoms with E-state index in [-0.39, 0.29) is 0 Å². The van der Waals surface area contributed by atoms with E-state index in [2.05, 4.69) is 45.7 Å². The molecule has 17 heavy (non-hydrogen) atoms. The molecule has 1 saturated carbocycles. The van der Waals surface area contributed by atoms with Crippen molar-refractivity contribution in [2.75, 3.05) is 13.6 Å². The van der Waals surface area contributed by atoms with E-state index in [9.17, 15) is 0 Å². The van der Waals surface area contributed by atoms with E-state index in [1.165, 1.54) is 40.9 Å². The first kappa shape index (κ1) is 13.5. The van der Waals surface area contributed by atoms with E-state index in [0.717, 1.165) is 18.5 Å². The van der Waals surface area contributed by atoms with E-state index in [0.29, 0.717) is 0 Å². The van der Waals surface area contributed by atoms with Crippen LogP contribution in [0.15, 0.2) is 15.9 Å². The maximum absolute atomic E-state index is 3.59. The summed E-state index contributed by atoms with van der Waals surface area (Å²) in [5, 5.41) is 6.97. The van der Waals surface area contributed by atoms with Gasteiger partial charge in [-0.3, -0.25) is 0 Å². The highest BCUT2D eigenvalue weighted by Crippen LogP contribution is 2.24. The van der Waals surface area contributed by atoms with Gasteiger partial charge in [0.2, 0.25) is 0 Å². The SMILES string of the molecule is CNC1CCC(CNCc2ccc(Br)s2)CC1. The highest BCUT2D eigenvalue weighted by Gasteiger charge is 2.19. The van der Waals surface area contributed by atoms with Gasteiger partial charge >= 0.3 is 0 Å². The van der Waals surface area contributed by atoms with Gasteiger partial charge in [0.25, 0.3) is 0 Å². The molecule has 1 fully saturated rings. The Bertz CT molecular complexity index is 332. The zero-order valence-electron chi connectivity index (χ0n) is 10.3. The highest BCUT2D eigenvalue weighted by atomic mass is 79.9. The predicted molar refractivity (Wildman–Crippen MR) is 78.5 cm³/mol. The summed E-state index contributed by atoms with van der Waals surface area (Å²) in [7, 11) is 2.08. The lowest BCUT2D eigenvalue weighted by atomic mass is 9.86. The second-order valence-electron chi connectivity index (χ2n) is 4.84. The molecule has 0 atom stereocenters. The molecule has 1 heterocycles. The van der Waals surface area contributed by atoms with Crippen LogP contribution in [-0.2, 0) is 6.54 Å². The average Bonchev–Trinajstić information content (AvgIpc) is 2.76. The fourth-order valence-corrected chi connectivity index (χ4v) is 3.95. The molecular formula is C13H21BrN2S. The van der Waals surface area contributed by atoms with Crippen LogP contribution < -0.4 is 10.6 Å². The zero-order valence-corrected chi connectivity index (χ0v) is 12.7. The van der Waals surface area contributed by atoms with Gasteiger partial charge in [0, 0.05) is 17.5 Å². The third-order valence-corrected chi connectivity index (χ3v) is 5.24. The molecular weight excluding hydrogens is 296 g/mol. The highest BCUT2D eigenvalue weighted by molar-refractivity contribution is 9.11. The lowest BCUT2D eigenvalue weighted by molar-refractivity contribution is 0.292. The van der Waals surface area contributed by atoms with Crippen molar-refractivity contribution in [3.05, 3.63) is 20.8 Å². The summed E-state index contributed by atoms with van der Waals surface area (Å²) in [5.74, 6) is 0.878. The number of halogens is 1. The van der Waals surface area contributed by atoms with E-state index >= 15 is 0 Å². The van der Waals surface area contributed by atoms with E-state index < -0.39 is 0 Å². The minimum atomic E-state index is 0.763. The third kappa shape index (κ3) is 4.36. The Morgan fingerprint density at radius 2 is 2.06 bits per heavy atom. The van der Waals surface area contributed by atoms with Gasteiger partial charge in [0.05, 0.1) is 3.79 Å². The molecule has 0 saturated heterocycles. The van der Waals surface area contributed by atoms with Crippen molar-refractivity contribution in [2.24, 2.45) is 5.92 Å². The first-order valence-electron chi connectivity index (χ1n) is 6.40. The van der Waals surface area contributed by atoms with Gasteiger partial charge < -0.3 is 10.6 Å². The Morgan fingerprint density at radius 1 is 1.29 bits per heavy atom. The molecule has 1 aliphatic carbocycles. The van der Waals surface area contributed by atoms with Crippen molar-refractivity contribution < 1.29 is 0 Å². The topological polar surface area (TPSA) is 24.1 Å². The molecule has 0 spiro atoms. The van der Waals surface area contributed by atoms with E-state index in [1.54, 1.807) is 0 Å². The smallest absolute Gasteiger partial charge is 0.0701 e. The van der Waals surface area contributed by atoms with Crippen molar-refractivity contribution in [3.8, 4) is 0 Å². The van der Waals surface area contributed by atoms with Crippen molar-refractivity contribution in [3.63, 3.8) is 0 Å². The molecule has 2 N–H and O–H groups in total. The molecule has 0 unspecified atom stereocenters. The van der Waals surface area contributed by atoms with Crippen LogP contribution in [-0.4, -0.2) is 19.6 Å². The van der Waals surface area contributed by atoms with Crippen LogP contribution in [0, 0.1) is 5.92 Å². The Kier molecular flexibility index (Phi) is 5.48. The van der Waals surface area contributed by atoms with Crippen LogP contribution in [0.4, 0.5) is 0 Å². The van der Waals surface area contributed by atoms with E-state index in [4.69, 9.17) is 0 Å². The summed E-state index contributed by atoms with van der Waals surface area (Å²) in [5.41, 5.74) is 0. The summed E-state index contributed by atoms with van der Waals surface area (Å²) in [6.45, 7) is 2.19. The Balaban J connectivity index is 1.63. The predicted octanol–water partition coefficient (Wildman–Crippen LogP) is 3.38. The van der Waals surface area contributed by atoms with Crippen LogP contribution in [0.2, 0.25) is 0 Å². The molecule has 1 aromatic heterocycles. The van der Waals surface area contributed by atoms with Gasteiger partial charge in [-0.25, -0.2) is 0 Å². The van der Waals surface area contributed by atoms with Gasteiger partial charge in [-0.05, 0) is 73.3 Å². The first-order valence-corrected chi connectivity index (χ1v) is 8.01. The van der Waals surface area contributed by atoms with Gasteiger partial charge in [0.15, 0.2) is 0 Å². The number of nitrogens with one attached hydrogen (secondary N) is 2. The van der Waals surface area contributed by atoms with Crippen molar-refractivity contribution in [1.82, 2.24) is 10.6 Å². The fraction of sp³-hybridized carbons (Fsp3) is 0.692. The molecule has 1 aliphatic rings. The van der Waals surface area contributed by atoms with Crippen molar-refractivity contribution in [1.29, 1.82) is 0 Å². The summed E-state index contributed by atoms with van der Waals surface area (Å²) >= 11 is 5.32. The molecule has 2 rings (SSSR count). The number of rotatable bonds is 5. The Labute approximate surface area is 116 Å². The van der Waals surface area contributed by atoms with Gasteiger partial charge in [-0.1, -0.05) is 0 Å². The molecule has 1 aromatic rings. The number of hydrogen-bond donors (Lipinski definition) is 2. The molecule has 0 amide bonds. The number of thiophene rings is 1. The maximum Gasteiger partial charge on any atom is 0.0701 e. The van der Waals surface area contributed by atoms with E-state index in [1.807, 2.05) is 11.3 Å². The molecule has 4 heteroatoms. The quantitative estimate of drug-likeness (QED) is 0.870. The van der Waals surface area contributed by atoms with Crippen LogP contribution in [0.1, 0.15) is 30.6 Å². The number of hydrogen-bond acceptors (Lipinski definition) is 3. The van der Waals surface area contributed by atoms with Gasteiger partial charge in [-0.2, -0.15) is 0 Å². The summed E-state index contributed by atoms with van der Waals surface area (Å²) in [4.78, 5) is 1.42. The minimum absolute atomic E-state index is 0.763. The lowest BCUT2D eigenvalue weighted by Crippen LogP contribution is -2.33. The first-order chi connectivity index (χ1) is 8.28. The fourth-order valence-electron chi connectivity index (χ4n) is 2.50. The van der Waals surface area contributed by atoms with Crippen LogP contribution >= 0.6 is 27.3 Å². The average molecular weight is 317 g/mol. The zero-order chi connectivity index (χ0) is 12.1. The second kappa shape index (κ2) is 6.88. The monoisotopic (exact) mass is 316 g/mol. The lowest BCUT2D eigenvalue weighted by Gasteiger charge is -2.28. The van der Waals surface area contributed by atoms with Gasteiger partial charge in [-0.15, -0.1) is 11.3 Å². The van der Waals surface area contributed by atoms with Gasteiger partial charge in [0.1, 0.15) is 0 Å².